The van der Waals surface area contributed by atoms with Crippen molar-refractivity contribution in [2.45, 2.75) is 33.7 Å². The van der Waals surface area contributed by atoms with E-state index in [4.69, 9.17) is 13.3 Å². The molecule has 338 valence electrons. The smallest absolute Gasteiger partial charge is 0.299 e. The molecule has 12 nitrogen and oxygen atoms in total. The Morgan fingerprint density at radius 3 is 1.25 bits per heavy atom. The molecule has 15 heteroatoms. The van der Waals surface area contributed by atoms with Crippen LogP contribution in [0.4, 0.5) is 48.3 Å². The number of anilines is 6. The lowest BCUT2D eigenvalue weighted by Gasteiger charge is -2.04. The molecule has 0 bridgehead atoms. The van der Waals surface area contributed by atoms with Gasteiger partial charge in [0.2, 0.25) is 5.91 Å². The van der Waals surface area contributed by atoms with Crippen molar-refractivity contribution in [3.05, 3.63) is 198 Å². The molecule has 1 amide bonds. The van der Waals surface area contributed by atoms with Crippen LogP contribution in [0.25, 0.3) is 34.0 Å². The predicted molar refractivity (Wildman–Crippen MR) is 252 cm³/mol. The number of nitrogens with one attached hydrogen (secondary N) is 4. The standard InChI is InChI=1S/C18H16FN3O2.C18H15FN2O2.C16H13FN2O/c1-12(23)20-10-13-3-2-4-14(9-13)17-11-21-18(24-17)22-16-7-5-15(19)6-8-16;1-12(22)9-13-3-2-4-14(10-13)17-11-20-18(23-17)21-16-7-5-15(19)6-8-16;1-11-3-2-4-12(9-11)15-10-18-16(20-15)19-14-7-5-13(17)6-8-14/h2-9,11H,10H2,1H3,(H,20,23)(H,21,22);2-8,10-11H,9H2,1H3,(H,20,21);2-10H,1H3,(H,18,19). The van der Waals surface area contributed by atoms with E-state index in [2.05, 4.69) is 36.2 Å². The molecule has 4 N–H and O–H groups in total. The second-order valence-electron chi connectivity index (χ2n) is 15.0. The lowest BCUT2D eigenvalue weighted by Crippen LogP contribution is -2.18. The number of aryl methyl sites for hydroxylation is 1. The normalized spacial score (nSPS) is 10.5. The maximum atomic E-state index is 12.9. The van der Waals surface area contributed by atoms with Crippen LogP contribution in [0.5, 0.6) is 0 Å². The Morgan fingerprint density at radius 2 is 0.866 bits per heavy atom. The van der Waals surface area contributed by atoms with E-state index in [9.17, 15) is 22.8 Å². The fourth-order valence-corrected chi connectivity index (χ4v) is 6.35. The summed E-state index contributed by atoms with van der Waals surface area (Å²) in [6, 6.07) is 42.1. The van der Waals surface area contributed by atoms with Gasteiger partial charge in [-0.3, -0.25) is 9.59 Å². The SMILES string of the molecule is CC(=O)Cc1cccc(-c2cnc(Nc3ccc(F)cc3)o2)c1.CC(=O)NCc1cccc(-c2cnc(Nc3ccc(F)cc3)o2)c1.Cc1cccc(-c2cnc(Nc3ccc(F)cc3)o2)c1. The van der Waals surface area contributed by atoms with Crippen molar-refractivity contribution in [3.8, 4) is 34.0 Å². The Bertz CT molecular complexity index is 3040. The molecule has 0 aliphatic heterocycles. The minimum Gasteiger partial charge on any atom is -0.423 e. The molecule has 0 spiro atoms. The van der Waals surface area contributed by atoms with Gasteiger partial charge in [-0.05, 0) is 116 Å². The number of rotatable bonds is 13. The molecule has 0 radical (unpaired) electrons. The number of halogens is 3. The summed E-state index contributed by atoms with van der Waals surface area (Å²) >= 11 is 0. The second-order valence-corrected chi connectivity index (χ2v) is 15.0. The summed E-state index contributed by atoms with van der Waals surface area (Å²) in [5.41, 5.74) is 7.84. The molecule has 3 heterocycles. The topological polar surface area (TPSA) is 160 Å². The van der Waals surface area contributed by atoms with Crippen molar-refractivity contribution in [2.24, 2.45) is 0 Å². The van der Waals surface area contributed by atoms with Crippen LogP contribution in [0.3, 0.4) is 0 Å². The van der Waals surface area contributed by atoms with Crippen molar-refractivity contribution in [1.29, 1.82) is 0 Å². The number of benzene rings is 6. The first-order valence-corrected chi connectivity index (χ1v) is 20.9. The maximum Gasteiger partial charge on any atom is 0.299 e. The number of nitrogens with zero attached hydrogens (tertiary/aromatic N) is 3. The Morgan fingerprint density at radius 1 is 0.493 bits per heavy atom. The molecule has 0 unspecified atom stereocenters. The lowest BCUT2D eigenvalue weighted by atomic mass is 10.1. The summed E-state index contributed by atoms with van der Waals surface area (Å²) in [5, 5.41) is 11.7. The van der Waals surface area contributed by atoms with Crippen LogP contribution >= 0.6 is 0 Å². The van der Waals surface area contributed by atoms with Gasteiger partial charge in [-0.2, -0.15) is 0 Å². The van der Waals surface area contributed by atoms with E-state index in [0.717, 1.165) is 39.1 Å². The fraction of sp³-hybridized carbons (Fsp3) is 0.0962. The zero-order valence-corrected chi connectivity index (χ0v) is 36.5. The van der Waals surface area contributed by atoms with Gasteiger partial charge in [-0.1, -0.05) is 60.2 Å². The van der Waals surface area contributed by atoms with Gasteiger partial charge in [0.15, 0.2) is 17.3 Å². The third-order valence-corrected chi connectivity index (χ3v) is 9.52. The molecule has 9 rings (SSSR count). The average Bonchev–Trinajstić information content (AvgIpc) is 4.11. The molecule has 0 fully saturated rings. The van der Waals surface area contributed by atoms with E-state index in [1.807, 2.05) is 79.7 Å². The molecule has 0 atom stereocenters. The van der Waals surface area contributed by atoms with Gasteiger partial charge in [0, 0.05) is 53.6 Å². The Hall–Kier alpha value is -8.72. The second kappa shape index (κ2) is 22.3. The van der Waals surface area contributed by atoms with Gasteiger partial charge >= 0.3 is 0 Å². The highest BCUT2D eigenvalue weighted by Gasteiger charge is 2.11. The first kappa shape index (κ1) is 46.3. The average molecular weight is 904 g/mol. The molecule has 0 saturated carbocycles. The highest BCUT2D eigenvalue weighted by atomic mass is 19.1. The molecule has 0 aliphatic carbocycles. The Labute approximate surface area is 384 Å². The molecular formula is C52H44F3N7O5. The molecule has 67 heavy (non-hydrogen) atoms. The quantitative estimate of drug-likeness (QED) is 0.0872. The first-order valence-electron chi connectivity index (χ1n) is 20.9. The number of carbonyl (C=O) groups is 2. The monoisotopic (exact) mass is 903 g/mol. The summed E-state index contributed by atoms with van der Waals surface area (Å²) < 4.78 is 55.6. The van der Waals surface area contributed by atoms with Crippen LogP contribution in [-0.4, -0.2) is 26.6 Å². The number of hydrogen-bond acceptors (Lipinski definition) is 11. The maximum absolute atomic E-state index is 12.9. The summed E-state index contributed by atoms with van der Waals surface area (Å²) in [7, 11) is 0. The number of aromatic nitrogens is 3. The minimum atomic E-state index is -0.301. The number of carbonyl (C=O) groups excluding carboxylic acids is 2. The van der Waals surface area contributed by atoms with E-state index in [-0.39, 0.29) is 29.1 Å². The third kappa shape index (κ3) is 14.1. The Balaban J connectivity index is 0.000000150. The van der Waals surface area contributed by atoms with E-state index in [0.29, 0.717) is 59.7 Å². The van der Waals surface area contributed by atoms with Crippen LogP contribution in [0, 0.1) is 24.4 Å². The van der Waals surface area contributed by atoms with Gasteiger partial charge in [-0.25, -0.2) is 28.1 Å². The van der Waals surface area contributed by atoms with Crippen LogP contribution in [-0.2, 0) is 22.6 Å². The van der Waals surface area contributed by atoms with Crippen LogP contribution < -0.4 is 21.3 Å². The number of ketones is 1. The van der Waals surface area contributed by atoms with Crippen molar-refractivity contribution in [3.63, 3.8) is 0 Å². The molecule has 0 saturated heterocycles. The van der Waals surface area contributed by atoms with Gasteiger partial charge in [0.05, 0.1) is 18.6 Å². The minimum absolute atomic E-state index is 0.0779. The predicted octanol–water partition coefficient (Wildman–Crippen LogP) is 12.7. The van der Waals surface area contributed by atoms with E-state index in [1.165, 1.54) is 43.3 Å². The molecule has 6 aromatic carbocycles. The van der Waals surface area contributed by atoms with Gasteiger partial charge in [-0.15, -0.1) is 0 Å². The van der Waals surface area contributed by atoms with Crippen molar-refractivity contribution in [2.75, 3.05) is 16.0 Å². The van der Waals surface area contributed by atoms with Crippen LogP contribution in [0.2, 0.25) is 0 Å². The van der Waals surface area contributed by atoms with Gasteiger partial charge in [0.25, 0.3) is 18.0 Å². The van der Waals surface area contributed by atoms with Crippen molar-refractivity contribution in [1.82, 2.24) is 20.3 Å². The highest BCUT2D eigenvalue weighted by Crippen LogP contribution is 2.28. The van der Waals surface area contributed by atoms with Crippen molar-refractivity contribution >= 4 is 46.8 Å². The van der Waals surface area contributed by atoms with Crippen LogP contribution in [0.1, 0.15) is 30.5 Å². The Kier molecular flexibility index (Phi) is 15.4. The first-order chi connectivity index (χ1) is 32.4. The van der Waals surface area contributed by atoms with Crippen molar-refractivity contribution < 1.29 is 36.0 Å². The third-order valence-electron chi connectivity index (χ3n) is 9.52. The number of amides is 1. The molecule has 3 aromatic heterocycles. The summed E-state index contributed by atoms with van der Waals surface area (Å²) in [6.45, 7) is 5.52. The zero-order chi connectivity index (χ0) is 47.1. The molecular weight excluding hydrogens is 860 g/mol. The number of Topliss-reactive ketones (excluding diaryl/α,β-unsaturated/α-hetero) is 1. The summed E-state index contributed by atoms with van der Waals surface area (Å²) in [5.74, 6) is 1.05. The zero-order valence-electron chi connectivity index (χ0n) is 36.5. The molecule has 9 aromatic rings. The van der Waals surface area contributed by atoms with Crippen LogP contribution in [0.15, 0.2) is 177 Å². The molecule has 0 aliphatic rings. The largest absolute Gasteiger partial charge is 0.423 e. The lowest BCUT2D eigenvalue weighted by molar-refractivity contribution is -0.119. The van der Waals surface area contributed by atoms with E-state index < -0.39 is 0 Å². The summed E-state index contributed by atoms with van der Waals surface area (Å²) in [6.07, 6.45) is 5.28. The van der Waals surface area contributed by atoms with Gasteiger partial charge < -0.3 is 34.5 Å². The number of oxazole rings is 3. The van der Waals surface area contributed by atoms with E-state index in [1.54, 1.807) is 61.9 Å². The van der Waals surface area contributed by atoms with Gasteiger partial charge in [0.1, 0.15) is 23.2 Å². The summed E-state index contributed by atoms with van der Waals surface area (Å²) in [4.78, 5) is 34.7. The van der Waals surface area contributed by atoms with E-state index >= 15 is 0 Å². The highest BCUT2D eigenvalue weighted by molar-refractivity contribution is 5.78. The number of hydrogen-bond donors (Lipinski definition) is 4. The fourth-order valence-electron chi connectivity index (χ4n) is 6.35.